The number of hydrogen-bond acceptors (Lipinski definition) is 19. The van der Waals surface area contributed by atoms with Gasteiger partial charge in [-0.3, -0.25) is 4.79 Å². The molecule has 3 saturated heterocycles. The molecular formula is C39H50O19. The number of hydrogen-bond donors (Lipinski definition) is 10. The standard InChI is InChI=1S/C39H50O19/c1-14(2)6-11-19-21(54-38-32(50)29(47)26(44)22(13-40)55-38)12-20(41)23-27(45)35(33(56-34(19)23)17-7-9-18(51-5)10-8-17)57-39-36(30(48)25(43)16(4)53-39)58-37-31(49)28(46)24(42)15(3)52-37/h6-10,12,15-16,22,24-26,28-32,36-44,46-50H,11,13H2,1-5H3/t15-,16-,22+,24-,25-,26+,28+,29-,30+,31+,32+,36+,37-,38+,39?/m0/s1. The van der Waals surface area contributed by atoms with Gasteiger partial charge < -0.3 is 88.6 Å². The van der Waals surface area contributed by atoms with E-state index >= 15 is 0 Å². The van der Waals surface area contributed by atoms with E-state index in [1.54, 1.807) is 18.2 Å². The van der Waals surface area contributed by atoms with E-state index in [2.05, 4.69) is 0 Å². The Bertz CT molecular complexity index is 1980. The minimum Gasteiger partial charge on any atom is -0.507 e. The maximum atomic E-state index is 14.7. The molecule has 19 nitrogen and oxygen atoms in total. The van der Waals surface area contributed by atoms with Gasteiger partial charge in [0.15, 0.2) is 18.2 Å². The Kier molecular flexibility index (Phi) is 13.3. The lowest BCUT2D eigenvalue weighted by atomic mass is 9.98. The van der Waals surface area contributed by atoms with E-state index in [1.165, 1.54) is 33.1 Å². The molecule has 6 rings (SSSR count). The summed E-state index contributed by atoms with van der Waals surface area (Å²) in [5.41, 5.74) is 0.0592. The van der Waals surface area contributed by atoms with Crippen LogP contribution in [-0.4, -0.2) is 157 Å². The number of aromatic hydroxyl groups is 1. The molecule has 4 heterocycles. The van der Waals surface area contributed by atoms with Gasteiger partial charge in [0.1, 0.15) is 83.2 Å². The molecule has 3 aromatic rings. The zero-order valence-electron chi connectivity index (χ0n) is 32.2. The first kappa shape index (κ1) is 43.6. The molecule has 0 radical (unpaired) electrons. The SMILES string of the molecule is COc1ccc(-c2oc3c(CC=C(C)C)c(O[C@@H]4O[C@H](CO)[C@@H](O)[C@H](O)[C@H]4O)cc(O)c3c(=O)c2OC2O[C@@H](C)[C@H](O)[C@@H](O)[C@H]2O[C@@H]2O[C@@H](C)[C@H](O)[C@@H](O)[C@H]2O)cc1. The van der Waals surface area contributed by atoms with Gasteiger partial charge in [0.05, 0.1) is 25.9 Å². The molecule has 1 unspecified atom stereocenters. The van der Waals surface area contributed by atoms with Crippen molar-refractivity contribution < 1.29 is 88.6 Å². The lowest BCUT2D eigenvalue weighted by molar-refractivity contribution is -0.352. The Labute approximate surface area is 331 Å². The van der Waals surface area contributed by atoms with E-state index in [1.807, 2.05) is 13.8 Å². The van der Waals surface area contributed by atoms with E-state index in [-0.39, 0.29) is 34.6 Å². The van der Waals surface area contributed by atoms with Crippen LogP contribution in [0.3, 0.4) is 0 Å². The van der Waals surface area contributed by atoms with Gasteiger partial charge in [-0.15, -0.1) is 0 Å². The number of phenols is 1. The highest BCUT2D eigenvalue weighted by molar-refractivity contribution is 5.91. The fraction of sp³-hybridized carbons (Fsp3) is 0.564. The third kappa shape index (κ3) is 8.41. The van der Waals surface area contributed by atoms with Crippen LogP contribution >= 0.6 is 0 Å². The molecule has 0 amide bonds. The molecule has 1 aromatic heterocycles. The average Bonchev–Trinajstić information content (AvgIpc) is 3.20. The molecule has 3 aliphatic rings. The average molecular weight is 823 g/mol. The second-order valence-electron chi connectivity index (χ2n) is 14.8. The van der Waals surface area contributed by atoms with E-state index in [0.717, 1.165) is 11.6 Å². The molecule has 10 N–H and O–H groups in total. The smallest absolute Gasteiger partial charge is 0.239 e. The Balaban J connectivity index is 1.50. The van der Waals surface area contributed by atoms with Crippen LogP contribution in [0, 0.1) is 0 Å². The summed E-state index contributed by atoms with van der Waals surface area (Å²) in [5, 5.41) is 106. The second kappa shape index (κ2) is 17.7. The Morgan fingerprint density at radius 2 is 1.36 bits per heavy atom. The number of phenolic OH excluding ortho intramolecular Hbond substituents is 1. The van der Waals surface area contributed by atoms with Crippen LogP contribution < -0.4 is 19.6 Å². The topological polar surface area (TPSA) is 297 Å². The van der Waals surface area contributed by atoms with Crippen LogP contribution in [-0.2, 0) is 25.4 Å². The summed E-state index contributed by atoms with van der Waals surface area (Å²) in [6.45, 7) is 5.71. The number of fused-ring (bicyclic) bond motifs is 1. The lowest BCUT2D eigenvalue weighted by Crippen LogP contribution is -2.63. The number of benzene rings is 2. The third-order valence-electron chi connectivity index (χ3n) is 10.4. The number of ether oxygens (including phenoxy) is 7. The van der Waals surface area contributed by atoms with Crippen molar-refractivity contribution in [2.24, 2.45) is 0 Å². The molecule has 19 heteroatoms. The van der Waals surface area contributed by atoms with Gasteiger partial charge in [0.2, 0.25) is 23.8 Å². The molecule has 2 aromatic carbocycles. The molecule has 3 fully saturated rings. The molecule has 0 aliphatic carbocycles. The quantitative estimate of drug-likeness (QED) is 0.103. The first-order valence-electron chi connectivity index (χ1n) is 18.6. The largest absolute Gasteiger partial charge is 0.507 e. The van der Waals surface area contributed by atoms with Gasteiger partial charge in [-0.05, 0) is 58.4 Å². The number of rotatable bonds is 11. The summed E-state index contributed by atoms with van der Waals surface area (Å²) in [5.74, 6) is -1.22. The predicted molar refractivity (Wildman–Crippen MR) is 198 cm³/mol. The van der Waals surface area contributed by atoms with Crippen LogP contribution in [0.5, 0.6) is 23.0 Å². The minimum atomic E-state index is -1.83. The maximum absolute atomic E-state index is 14.7. The van der Waals surface area contributed by atoms with Crippen LogP contribution in [0.2, 0.25) is 0 Å². The third-order valence-corrected chi connectivity index (χ3v) is 10.4. The monoisotopic (exact) mass is 822 g/mol. The van der Waals surface area contributed by atoms with Crippen LogP contribution in [0.1, 0.15) is 33.3 Å². The Hall–Kier alpha value is -3.93. The van der Waals surface area contributed by atoms with Crippen LogP contribution in [0.4, 0.5) is 0 Å². The molecule has 0 bridgehead atoms. The van der Waals surface area contributed by atoms with Crippen molar-refractivity contribution in [2.75, 3.05) is 13.7 Å². The van der Waals surface area contributed by atoms with E-state index in [9.17, 15) is 55.9 Å². The van der Waals surface area contributed by atoms with Crippen molar-refractivity contribution >= 4 is 11.0 Å². The van der Waals surface area contributed by atoms with Crippen LogP contribution in [0.25, 0.3) is 22.3 Å². The molecule has 15 atom stereocenters. The number of methoxy groups -OCH3 is 1. The maximum Gasteiger partial charge on any atom is 0.239 e. The van der Waals surface area contributed by atoms with Crippen molar-refractivity contribution in [3.8, 4) is 34.3 Å². The molecule has 320 valence electrons. The van der Waals surface area contributed by atoms with Gasteiger partial charge in [-0.2, -0.15) is 0 Å². The normalized spacial score (nSPS) is 35.4. The molecule has 0 spiro atoms. The first-order valence-corrected chi connectivity index (χ1v) is 18.6. The van der Waals surface area contributed by atoms with E-state index < -0.39 is 121 Å². The molecule has 58 heavy (non-hydrogen) atoms. The highest BCUT2D eigenvalue weighted by Crippen LogP contribution is 2.42. The summed E-state index contributed by atoms with van der Waals surface area (Å²) in [7, 11) is 1.45. The fourth-order valence-electron chi connectivity index (χ4n) is 6.93. The van der Waals surface area contributed by atoms with Gasteiger partial charge in [0.25, 0.3) is 0 Å². The Morgan fingerprint density at radius 1 is 0.759 bits per heavy atom. The molecular weight excluding hydrogens is 772 g/mol. The Morgan fingerprint density at radius 3 is 1.98 bits per heavy atom. The second-order valence-corrected chi connectivity index (χ2v) is 14.8. The van der Waals surface area contributed by atoms with Crippen molar-refractivity contribution in [3.63, 3.8) is 0 Å². The summed E-state index contributed by atoms with van der Waals surface area (Å²) in [6.07, 6.45) is -22.2. The van der Waals surface area contributed by atoms with Crippen molar-refractivity contribution in [1.29, 1.82) is 0 Å². The summed E-state index contributed by atoms with van der Waals surface area (Å²) in [6, 6.07) is 7.27. The highest BCUT2D eigenvalue weighted by atomic mass is 16.8. The highest BCUT2D eigenvalue weighted by Gasteiger charge is 2.51. The zero-order valence-corrected chi connectivity index (χ0v) is 32.2. The van der Waals surface area contributed by atoms with Gasteiger partial charge in [-0.1, -0.05) is 11.6 Å². The first-order chi connectivity index (χ1) is 27.5. The summed E-state index contributed by atoms with van der Waals surface area (Å²) < 4.78 is 46.9. The van der Waals surface area contributed by atoms with Crippen molar-refractivity contribution in [3.05, 3.63) is 57.8 Å². The predicted octanol–water partition coefficient (Wildman–Crippen LogP) is -1.08. The minimum absolute atomic E-state index is 0.0169. The van der Waals surface area contributed by atoms with Crippen molar-refractivity contribution in [1.82, 2.24) is 0 Å². The zero-order chi connectivity index (χ0) is 42.3. The van der Waals surface area contributed by atoms with E-state index in [0.29, 0.717) is 5.75 Å². The molecule has 0 saturated carbocycles. The number of aliphatic hydroxyl groups excluding tert-OH is 9. The number of aliphatic hydroxyl groups is 9. The van der Waals surface area contributed by atoms with Crippen molar-refractivity contribution in [2.45, 2.75) is 126 Å². The van der Waals surface area contributed by atoms with Gasteiger partial charge in [-0.25, -0.2) is 0 Å². The molecule has 3 aliphatic heterocycles. The summed E-state index contributed by atoms with van der Waals surface area (Å²) in [4.78, 5) is 14.7. The fourth-order valence-corrected chi connectivity index (χ4v) is 6.93. The number of allylic oxidation sites excluding steroid dienone is 2. The van der Waals surface area contributed by atoms with E-state index in [4.69, 9.17) is 37.6 Å². The van der Waals surface area contributed by atoms with Crippen LogP contribution in [0.15, 0.2) is 51.2 Å². The lowest BCUT2D eigenvalue weighted by Gasteiger charge is -2.45. The van der Waals surface area contributed by atoms with Gasteiger partial charge >= 0.3 is 0 Å². The van der Waals surface area contributed by atoms with Gasteiger partial charge in [0, 0.05) is 17.2 Å². The summed E-state index contributed by atoms with van der Waals surface area (Å²) >= 11 is 0.